The maximum atomic E-state index is 13.0. The van der Waals surface area contributed by atoms with Crippen molar-refractivity contribution in [3.8, 4) is 5.69 Å². The van der Waals surface area contributed by atoms with Gasteiger partial charge in [-0.3, -0.25) is 9.59 Å². The summed E-state index contributed by atoms with van der Waals surface area (Å²) in [5, 5.41) is 11.0. The third-order valence-corrected chi connectivity index (χ3v) is 6.84. The van der Waals surface area contributed by atoms with Crippen molar-refractivity contribution in [3.63, 3.8) is 0 Å². The molecule has 2 aromatic carbocycles. The van der Waals surface area contributed by atoms with E-state index in [4.69, 9.17) is 5.10 Å². The van der Waals surface area contributed by atoms with Gasteiger partial charge in [-0.1, -0.05) is 44.2 Å². The number of rotatable bonds is 6. The Morgan fingerprint density at radius 2 is 1.63 bits per heavy atom. The van der Waals surface area contributed by atoms with E-state index < -0.39 is 0 Å². The minimum absolute atomic E-state index is 0.0373. The highest BCUT2D eigenvalue weighted by atomic mass is 16.2. The number of carbonyl (C=O) groups is 2. The van der Waals surface area contributed by atoms with Gasteiger partial charge < -0.3 is 15.5 Å². The van der Waals surface area contributed by atoms with Crippen molar-refractivity contribution in [2.45, 2.75) is 47.5 Å². The van der Waals surface area contributed by atoms with Crippen LogP contribution in [-0.2, 0) is 9.59 Å². The summed E-state index contributed by atoms with van der Waals surface area (Å²) in [6.45, 7) is 11.2. The van der Waals surface area contributed by atoms with E-state index >= 15 is 0 Å². The fourth-order valence-electron chi connectivity index (χ4n) is 4.45. The van der Waals surface area contributed by atoms with Crippen LogP contribution in [0.2, 0.25) is 0 Å². The Kier molecular flexibility index (Phi) is 7.24. The molecule has 0 spiro atoms. The first-order valence-corrected chi connectivity index (χ1v) is 12.3. The van der Waals surface area contributed by atoms with Gasteiger partial charge in [0.05, 0.1) is 11.4 Å². The molecule has 7 heteroatoms. The molecular formula is C28H35N5O2. The highest BCUT2D eigenvalue weighted by molar-refractivity contribution is 5.96. The van der Waals surface area contributed by atoms with E-state index in [9.17, 15) is 9.59 Å². The maximum Gasteiger partial charge on any atom is 0.227 e. The van der Waals surface area contributed by atoms with Crippen LogP contribution in [0.1, 0.15) is 43.5 Å². The van der Waals surface area contributed by atoms with Crippen LogP contribution < -0.4 is 15.5 Å². The zero-order valence-electron chi connectivity index (χ0n) is 21.3. The monoisotopic (exact) mass is 473 g/mol. The first-order valence-electron chi connectivity index (χ1n) is 12.3. The standard InChI is InChI=1S/C28H35N5O2/c1-18(2)26(34)30-25-21(5)31-33(23-11-7-6-8-12-23)28(25)32-16-14-22(15-17-32)27(35)29-24-13-9-10-19(3)20(24)4/h6-13,18,22H,14-17H2,1-5H3,(H,29,35)(H,30,34). The number of aromatic nitrogens is 2. The third-order valence-electron chi connectivity index (χ3n) is 6.84. The lowest BCUT2D eigenvalue weighted by Crippen LogP contribution is -2.39. The van der Waals surface area contributed by atoms with Crippen LogP contribution in [0, 0.1) is 32.6 Å². The number of aryl methyl sites for hydroxylation is 2. The van der Waals surface area contributed by atoms with Gasteiger partial charge in [-0.15, -0.1) is 0 Å². The van der Waals surface area contributed by atoms with E-state index in [1.54, 1.807) is 0 Å². The zero-order chi connectivity index (χ0) is 25.1. The number of nitrogens with one attached hydrogen (secondary N) is 2. The van der Waals surface area contributed by atoms with Crippen molar-refractivity contribution < 1.29 is 9.59 Å². The summed E-state index contributed by atoms with van der Waals surface area (Å²) in [6, 6.07) is 15.9. The molecule has 3 aromatic rings. The third kappa shape index (κ3) is 5.24. The van der Waals surface area contributed by atoms with Gasteiger partial charge in [0.1, 0.15) is 5.69 Å². The molecule has 1 aliphatic heterocycles. The van der Waals surface area contributed by atoms with Crippen molar-refractivity contribution in [1.29, 1.82) is 0 Å². The molecule has 0 unspecified atom stereocenters. The number of piperidine rings is 1. The van der Waals surface area contributed by atoms with Gasteiger partial charge in [0.25, 0.3) is 0 Å². The van der Waals surface area contributed by atoms with Gasteiger partial charge in [0.15, 0.2) is 5.82 Å². The second kappa shape index (κ2) is 10.3. The topological polar surface area (TPSA) is 79.3 Å². The Bertz CT molecular complexity index is 1210. The van der Waals surface area contributed by atoms with Gasteiger partial charge in [0, 0.05) is 30.6 Å². The summed E-state index contributed by atoms with van der Waals surface area (Å²) in [7, 11) is 0. The normalized spacial score (nSPS) is 14.3. The molecular weight excluding hydrogens is 438 g/mol. The van der Waals surface area contributed by atoms with Gasteiger partial charge in [-0.2, -0.15) is 5.10 Å². The van der Waals surface area contributed by atoms with E-state index in [0.717, 1.165) is 52.5 Å². The summed E-state index contributed by atoms with van der Waals surface area (Å²) in [4.78, 5) is 27.9. The van der Waals surface area contributed by atoms with Crippen molar-refractivity contribution >= 4 is 29.0 Å². The number of amides is 2. The number of carbonyl (C=O) groups excluding carboxylic acids is 2. The molecule has 0 bridgehead atoms. The summed E-state index contributed by atoms with van der Waals surface area (Å²) >= 11 is 0. The fraction of sp³-hybridized carbons (Fsp3) is 0.393. The second-order valence-electron chi connectivity index (χ2n) is 9.67. The number of hydrogen-bond acceptors (Lipinski definition) is 4. The Labute approximate surface area is 207 Å². The van der Waals surface area contributed by atoms with E-state index in [1.807, 2.05) is 74.8 Å². The highest BCUT2D eigenvalue weighted by Crippen LogP contribution is 2.35. The van der Waals surface area contributed by atoms with Crippen LogP contribution in [0.15, 0.2) is 48.5 Å². The number of hydrogen-bond donors (Lipinski definition) is 2. The summed E-state index contributed by atoms with van der Waals surface area (Å²) in [5.41, 5.74) is 5.60. The Morgan fingerprint density at radius 3 is 2.29 bits per heavy atom. The van der Waals surface area contributed by atoms with Crippen molar-refractivity contribution in [2.75, 3.05) is 28.6 Å². The quantitative estimate of drug-likeness (QED) is 0.513. The molecule has 2 heterocycles. The second-order valence-corrected chi connectivity index (χ2v) is 9.67. The number of benzene rings is 2. The average Bonchev–Trinajstić information content (AvgIpc) is 3.18. The first-order chi connectivity index (χ1) is 16.8. The van der Waals surface area contributed by atoms with Crippen LogP contribution in [0.5, 0.6) is 0 Å². The smallest absolute Gasteiger partial charge is 0.227 e. The predicted molar refractivity (Wildman–Crippen MR) is 141 cm³/mol. The SMILES string of the molecule is Cc1cccc(NC(=O)C2CCN(c3c(NC(=O)C(C)C)c(C)nn3-c3ccccc3)CC2)c1C. The lowest BCUT2D eigenvalue weighted by molar-refractivity contribution is -0.120. The van der Waals surface area contributed by atoms with Crippen LogP contribution in [0.25, 0.3) is 5.69 Å². The molecule has 184 valence electrons. The Hall–Kier alpha value is -3.61. The summed E-state index contributed by atoms with van der Waals surface area (Å²) in [6.07, 6.45) is 1.46. The Morgan fingerprint density at radius 1 is 0.943 bits per heavy atom. The molecule has 0 radical (unpaired) electrons. The van der Waals surface area contributed by atoms with E-state index in [2.05, 4.69) is 28.5 Å². The molecule has 0 aliphatic carbocycles. The highest BCUT2D eigenvalue weighted by Gasteiger charge is 2.30. The molecule has 0 atom stereocenters. The molecule has 1 fully saturated rings. The van der Waals surface area contributed by atoms with Crippen molar-refractivity contribution in [3.05, 3.63) is 65.4 Å². The zero-order valence-corrected chi connectivity index (χ0v) is 21.3. The van der Waals surface area contributed by atoms with Crippen molar-refractivity contribution in [2.24, 2.45) is 11.8 Å². The fourth-order valence-corrected chi connectivity index (χ4v) is 4.45. The molecule has 1 aromatic heterocycles. The van der Waals surface area contributed by atoms with Gasteiger partial charge >= 0.3 is 0 Å². The van der Waals surface area contributed by atoms with Gasteiger partial charge in [-0.25, -0.2) is 4.68 Å². The van der Waals surface area contributed by atoms with E-state index in [-0.39, 0.29) is 23.7 Å². The number of para-hydroxylation sites is 1. The summed E-state index contributed by atoms with van der Waals surface area (Å²) in [5.74, 6) is 0.705. The molecule has 0 saturated carbocycles. The molecule has 1 saturated heterocycles. The first kappa shape index (κ1) is 24.5. The Balaban J connectivity index is 1.56. The largest absolute Gasteiger partial charge is 0.355 e. The molecule has 35 heavy (non-hydrogen) atoms. The van der Waals surface area contributed by atoms with Crippen LogP contribution in [0.3, 0.4) is 0 Å². The predicted octanol–water partition coefficient (Wildman–Crippen LogP) is 5.25. The molecule has 2 amide bonds. The van der Waals surface area contributed by atoms with Crippen LogP contribution in [0.4, 0.5) is 17.2 Å². The maximum absolute atomic E-state index is 13.0. The minimum atomic E-state index is -0.137. The van der Waals surface area contributed by atoms with E-state index in [1.165, 1.54) is 0 Å². The van der Waals surface area contributed by atoms with Gasteiger partial charge in [-0.05, 0) is 62.9 Å². The average molecular weight is 474 g/mol. The summed E-state index contributed by atoms with van der Waals surface area (Å²) < 4.78 is 1.90. The van der Waals surface area contributed by atoms with Crippen LogP contribution in [-0.4, -0.2) is 34.7 Å². The lowest BCUT2D eigenvalue weighted by Gasteiger charge is -2.34. The number of anilines is 3. The number of nitrogens with zero attached hydrogens (tertiary/aromatic N) is 3. The lowest BCUT2D eigenvalue weighted by atomic mass is 9.95. The van der Waals surface area contributed by atoms with Crippen molar-refractivity contribution in [1.82, 2.24) is 9.78 Å². The molecule has 1 aliphatic rings. The van der Waals surface area contributed by atoms with E-state index in [0.29, 0.717) is 13.1 Å². The minimum Gasteiger partial charge on any atom is -0.355 e. The molecule has 7 nitrogen and oxygen atoms in total. The molecule has 4 rings (SSSR count). The van der Waals surface area contributed by atoms with Gasteiger partial charge in [0.2, 0.25) is 11.8 Å². The van der Waals surface area contributed by atoms with Crippen LogP contribution >= 0.6 is 0 Å². The molecule has 2 N–H and O–H groups in total.